The summed E-state index contributed by atoms with van der Waals surface area (Å²) in [5, 5.41) is 30.6. The second kappa shape index (κ2) is 13.4. The molecule has 0 aliphatic rings. The third-order valence-corrected chi connectivity index (χ3v) is 4.93. The van der Waals surface area contributed by atoms with Gasteiger partial charge in [-0.1, -0.05) is 30.3 Å². The first-order valence-corrected chi connectivity index (χ1v) is 11.3. The largest absolute Gasteiger partial charge is 0.505 e. The molecule has 204 valence electrons. The standard InChI is InChI=1S/C16H18N2O5.C9H11NO5/c1-3-22-15(20)13-14(19)12(9-18(13)2)17-16(21)23-10-11-7-5-4-6-8-11;1-3-15-9(14)6-7(11)5(8(12)13)4-10(6)2/h4-9,19H,3,10H2,1-2H3,(H,17,21);4,11H,3H2,1-2H3,(H,12,13). The number of aryl methyl sites for hydroxylation is 2. The maximum atomic E-state index is 11.8. The summed E-state index contributed by atoms with van der Waals surface area (Å²) in [5.41, 5.74) is 0.403. The molecule has 1 aromatic carbocycles. The molecule has 2 aromatic heterocycles. The van der Waals surface area contributed by atoms with E-state index in [1.54, 1.807) is 20.9 Å². The van der Waals surface area contributed by atoms with Gasteiger partial charge in [-0.25, -0.2) is 19.2 Å². The Morgan fingerprint density at radius 3 is 1.84 bits per heavy atom. The monoisotopic (exact) mass is 531 g/mol. The number of esters is 2. The maximum absolute atomic E-state index is 11.8. The molecule has 0 unspecified atom stereocenters. The van der Waals surface area contributed by atoms with E-state index < -0.39 is 29.8 Å². The van der Waals surface area contributed by atoms with Crippen molar-refractivity contribution in [3.63, 3.8) is 0 Å². The van der Waals surface area contributed by atoms with Crippen LogP contribution in [0.5, 0.6) is 11.5 Å². The number of hydrogen-bond acceptors (Lipinski definition) is 9. The van der Waals surface area contributed by atoms with E-state index in [1.165, 1.54) is 22.4 Å². The number of carboxylic acids is 1. The van der Waals surface area contributed by atoms with Crippen LogP contribution in [0.2, 0.25) is 0 Å². The first-order valence-electron chi connectivity index (χ1n) is 11.3. The van der Waals surface area contributed by atoms with Crippen LogP contribution < -0.4 is 5.32 Å². The smallest absolute Gasteiger partial charge is 0.412 e. The van der Waals surface area contributed by atoms with Gasteiger partial charge in [-0.3, -0.25) is 5.32 Å². The molecule has 1 amide bonds. The summed E-state index contributed by atoms with van der Waals surface area (Å²) in [7, 11) is 3.02. The summed E-state index contributed by atoms with van der Waals surface area (Å²) < 4.78 is 17.2. The number of aromatic carboxylic acids is 1. The molecule has 0 fully saturated rings. The molecule has 0 atom stereocenters. The molecule has 2 heterocycles. The van der Waals surface area contributed by atoms with Gasteiger partial charge >= 0.3 is 24.0 Å². The van der Waals surface area contributed by atoms with Crippen LogP contribution >= 0.6 is 0 Å². The summed E-state index contributed by atoms with van der Waals surface area (Å²) in [4.78, 5) is 45.5. The van der Waals surface area contributed by atoms with Gasteiger partial charge in [-0.05, 0) is 19.4 Å². The molecule has 38 heavy (non-hydrogen) atoms. The highest BCUT2D eigenvalue weighted by Gasteiger charge is 2.24. The van der Waals surface area contributed by atoms with Crippen molar-refractivity contribution < 1.29 is 48.7 Å². The molecule has 0 saturated heterocycles. The summed E-state index contributed by atoms with van der Waals surface area (Å²) in [5.74, 6) is -3.63. The van der Waals surface area contributed by atoms with E-state index in [2.05, 4.69) is 10.1 Å². The average molecular weight is 532 g/mol. The summed E-state index contributed by atoms with van der Waals surface area (Å²) in [6.07, 6.45) is 1.83. The summed E-state index contributed by atoms with van der Waals surface area (Å²) in [6.45, 7) is 3.73. The summed E-state index contributed by atoms with van der Waals surface area (Å²) >= 11 is 0. The number of carbonyl (C=O) groups is 4. The van der Waals surface area contributed by atoms with Crippen LogP contribution in [0.3, 0.4) is 0 Å². The number of rotatable bonds is 8. The Bertz CT molecular complexity index is 1290. The fourth-order valence-electron chi connectivity index (χ4n) is 3.23. The van der Waals surface area contributed by atoms with Gasteiger partial charge in [0.25, 0.3) is 0 Å². The molecule has 0 saturated carbocycles. The Morgan fingerprint density at radius 2 is 1.34 bits per heavy atom. The van der Waals surface area contributed by atoms with E-state index in [4.69, 9.17) is 14.6 Å². The molecule has 13 nitrogen and oxygen atoms in total. The molecular weight excluding hydrogens is 502 g/mol. The molecule has 0 aliphatic carbocycles. The van der Waals surface area contributed by atoms with Gasteiger partial charge in [0.1, 0.15) is 17.9 Å². The quantitative estimate of drug-likeness (QED) is 0.249. The van der Waals surface area contributed by atoms with Gasteiger partial charge in [0.05, 0.1) is 13.2 Å². The Hall–Kier alpha value is -4.94. The molecular formula is C25H29N3O10. The van der Waals surface area contributed by atoms with E-state index in [0.717, 1.165) is 11.8 Å². The molecule has 0 spiro atoms. The number of nitrogens with one attached hydrogen (secondary N) is 1. The van der Waals surface area contributed by atoms with Gasteiger partial charge in [0.2, 0.25) is 0 Å². The van der Waals surface area contributed by atoms with Crippen LogP contribution in [0, 0.1) is 0 Å². The van der Waals surface area contributed by atoms with Crippen molar-refractivity contribution in [2.24, 2.45) is 14.1 Å². The maximum Gasteiger partial charge on any atom is 0.412 e. The number of anilines is 1. The number of carboxylic acid groups (broad SMARTS) is 1. The van der Waals surface area contributed by atoms with Crippen molar-refractivity contribution in [1.29, 1.82) is 0 Å². The van der Waals surface area contributed by atoms with Gasteiger partial charge < -0.3 is 38.7 Å². The number of hydrogen-bond donors (Lipinski definition) is 4. The average Bonchev–Trinajstić information content (AvgIpc) is 3.32. The summed E-state index contributed by atoms with van der Waals surface area (Å²) in [6, 6.07) is 9.19. The number of nitrogens with zero attached hydrogens (tertiary/aromatic N) is 2. The van der Waals surface area contributed by atoms with Crippen LogP contribution in [0.15, 0.2) is 42.7 Å². The van der Waals surface area contributed by atoms with Crippen molar-refractivity contribution in [3.05, 3.63) is 65.2 Å². The third-order valence-electron chi connectivity index (χ3n) is 4.93. The molecule has 0 radical (unpaired) electrons. The lowest BCUT2D eigenvalue weighted by atomic mass is 10.2. The van der Waals surface area contributed by atoms with Crippen LogP contribution in [-0.4, -0.2) is 61.7 Å². The van der Waals surface area contributed by atoms with E-state index in [-0.39, 0.29) is 48.2 Å². The van der Waals surface area contributed by atoms with E-state index >= 15 is 0 Å². The lowest BCUT2D eigenvalue weighted by Gasteiger charge is -2.06. The Morgan fingerprint density at radius 1 is 0.816 bits per heavy atom. The van der Waals surface area contributed by atoms with E-state index in [1.807, 2.05) is 30.3 Å². The fraction of sp³-hybridized carbons (Fsp3) is 0.280. The van der Waals surface area contributed by atoms with Crippen molar-refractivity contribution in [2.45, 2.75) is 20.5 Å². The van der Waals surface area contributed by atoms with Crippen LogP contribution in [0.25, 0.3) is 0 Å². The second-order valence-corrected chi connectivity index (χ2v) is 7.63. The molecule has 3 aromatic rings. The number of aromatic hydroxyl groups is 2. The fourth-order valence-corrected chi connectivity index (χ4v) is 3.23. The third kappa shape index (κ3) is 7.29. The molecule has 4 N–H and O–H groups in total. The van der Waals surface area contributed by atoms with Gasteiger partial charge in [-0.15, -0.1) is 0 Å². The minimum Gasteiger partial charge on any atom is -0.505 e. The number of ether oxygens (including phenoxy) is 3. The van der Waals surface area contributed by atoms with Crippen LogP contribution in [-0.2, 0) is 34.9 Å². The number of benzene rings is 1. The second-order valence-electron chi connectivity index (χ2n) is 7.63. The first-order chi connectivity index (χ1) is 18.0. The Kier molecular flexibility index (Phi) is 10.3. The first kappa shape index (κ1) is 29.3. The number of carbonyl (C=O) groups excluding carboxylic acids is 3. The van der Waals surface area contributed by atoms with Crippen molar-refractivity contribution >= 4 is 29.7 Å². The normalized spacial score (nSPS) is 10.1. The van der Waals surface area contributed by atoms with Gasteiger partial charge in [-0.2, -0.15) is 0 Å². The Balaban J connectivity index is 0.000000293. The van der Waals surface area contributed by atoms with Gasteiger partial charge in [0.15, 0.2) is 22.9 Å². The van der Waals surface area contributed by atoms with Gasteiger partial charge in [0, 0.05) is 26.5 Å². The van der Waals surface area contributed by atoms with Crippen LogP contribution in [0.4, 0.5) is 10.5 Å². The Labute approximate surface area is 217 Å². The zero-order chi connectivity index (χ0) is 28.4. The van der Waals surface area contributed by atoms with Crippen molar-refractivity contribution in [3.8, 4) is 11.5 Å². The lowest BCUT2D eigenvalue weighted by Crippen LogP contribution is -2.13. The van der Waals surface area contributed by atoms with Crippen molar-refractivity contribution in [1.82, 2.24) is 9.13 Å². The molecule has 3 rings (SSSR count). The highest BCUT2D eigenvalue weighted by Crippen LogP contribution is 2.30. The number of amides is 1. The van der Waals surface area contributed by atoms with Crippen LogP contribution in [0.1, 0.15) is 50.7 Å². The van der Waals surface area contributed by atoms with E-state index in [0.29, 0.717) is 0 Å². The highest BCUT2D eigenvalue weighted by atomic mass is 16.6. The predicted octanol–water partition coefficient (Wildman–Crippen LogP) is 3.26. The topological polar surface area (TPSA) is 179 Å². The zero-order valence-corrected chi connectivity index (χ0v) is 21.3. The molecule has 0 bridgehead atoms. The SMILES string of the molecule is CCOC(=O)c1c(O)c(C(=O)O)cn1C.CCOC(=O)c1c(O)c(NC(=O)OCc2ccccc2)cn1C. The minimum atomic E-state index is -1.29. The lowest BCUT2D eigenvalue weighted by molar-refractivity contribution is 0.0501. The zero-order valence-electron chi connectivity index (χ0n) is 21.3. The minimum absolute atomic E-state index is 0.0368. The molecule has 13 heteroatoms. The number of aromatic nitrogens is 2. The highest BCUT2D eigenvalue weighted by molar-refractivity contribution is 5.99. The van der Waals surface area contributed by atoms with Crippen molar-refractivity contribution in [2.75, 3.05) is 18.5 Å². The predicted molar refractivity (Wildman–Crippen MR) is 133 cm³/mol. The molecule has 0 aliphatic heterocycles. The van der Waals surface area contributed by atoms with E-state index in [9.17, 15) is 29.4 Å².